The Hall–Kier alpha value is -3.13. The van der Waals surface area contributed by atoms with Gasteiger partial charge in [-0.2, -0.15) is 10.1 Å². The third kappa shape index (κ3) is 4.23. The second kappa shape index (κ2) is 8.26. The number of rotatable bonds is 6. The van der Waals surface area contributed by atoms with Crippen LogP contribution in [0.25, 0.3) is 11.1 Å². The SMILES string of the molecule is COc1ccc(Nc2ncc(-c3cnn(C)c3)c(NC3CCNCC3)n2)cc1. The van der Waals surface area contributed by atoms with Gasteiger partial charge in [-0.05, 0) is 50.2 Å². The molecule has 0 atom stereocenters. The van der Waals surface area contributed by atoms with Gasteiger partial charge in [-0.25, -0.2) is 4.98 Å². The number of anilines is 3. The molecule has 1 aliphatic heterocycles. The summed E-state index contributed by atoms with van der Waals surface area (Å²) >= 11 is 0. The van der Waals surface area contributed by atoms with Gasteiger partial charge in [-0.15, -0.1) is 0 Å². The molecular weight excluding hydrogens is 354 g/mol. The second-order valence-corrected chi connectivity index (χ2v) is 6.88. The van der Waals surface area contributed by atoms with Crippen molar-refractivity contribution < 1.29 is 4.74 Å². The van der Waals surface area contributed by atoms with Gasteiger partial charge in [0, 0.05) is 42.3 Å². The largest absolute Gasteiger partial charge is 0.497 e. The van der Waals surface area contributed by atoms with Crippen molar-refractivity contribution in [2.75, 3.05) is 30.8 Å². The first-order chi connectivity index (χ1) is 13.7. The number of nitrogens with one attached hydrogen (secondary N) is 3. The molecule has 0 aliphatic carbocycles. The molecule has 1 aliphatic rings. The van der Waals surface area contributed by atoms with Gasteiger partial charge in [0.1, 0.15) is 11.6 Å². The van der Waals surface area contributed by atoms with E-state index in [-0.39, 0.29) is 0 Å². The summed E-state index contributed by atoms with van der Waals surface area (Å²) in [5.74, 6) is 2.19. The van der Waals surface area contributed by atoms with Gasteiger partial charge in [-0.1, -0.05) is 0 Å². The molecule has 4 rings (SSSR count). The van der Waals surface area contributed by atoms with Crippen molar-refractivity contribution in [3.8, 4) is 16.9 Å². The van der Waals surface area contributed by atoms with E-state index in [1.54, 1.807) is 11.8 Å². The minimum atomic E-state index is 0.389. The Morgan fingerprint density at radius 2 is 1.93 bits per heavy atom. The van der Waals surface area contributed by atoms with Crippen LogP contribution in [0.5, 0.6) is 5.75 Å². The molecule has 146 valence electrons. The first-order valence-electron chi connectivity index (χ1n) is 9.45. The number of hydrogen-bond acceptors (Lipinski definition) is 7. The zero-order valence-electron chi connectivity index (χ0n) is 16.1. The summed E-state index contributed by atoms with van der Waals surface area (Å²) in [4.78, 5) is 9.28. The standard InChI is InChI=1S/C20H25N7O/c1-27-13-14(11-23-27)18-12-22-20(25-15-3-5-17(28-2)6-4-15)26-19(18)24-16-7-9-21-10-8-16/h3-6,11-13,16,21H,7-10H2,1-2H3,(H2,22,24,25,26). The van der Waals surface area contributed by atoms with Crippen LogP contribution < -0.4 is 20.7 Å². The van der Waals surface area contributed by atoms with Gasteiger partial charge in [0.2, 0.25) is 5.95 Å². The maximum absolute atomic E-state index is 5.21. The number of piperidine rings is 1. The third-order valence-corrected chi connectivity index (χ3v) is 4.83. The molecule has 1 saturated heterocycles. The Morgan fingerprint density at radius 3 is 2.61 bits per heavy atom. The fourth-order valence-corrected chi connectivity index (χ4v) is 3.29. The van der Waals surface area contributed by atoms with Crippen LogP contribution in [-0.2, 0) is 7.05 Å². The van der Waals surface area contributed by atoms with Crippen molar-refractivity contribution in [2.24, 2.45) is 7.05 Å². The van der Waals surface area contributed by atoms with E-state index in [1.165, 1.54) is 0 Å². The van der Waals surface area contributed by atoms with Crippen LogP contribution in [0, 0.1) is 0 Å². The Labute approximate surface area is 164 Å². The summed E-state index contributed by atoms with van der Waals surface area (Å²) in [5.41, 5.74) is 2.85. The molecule has 1 aromatic carbocycles. The number of ether oxygens (including phenoxy) is 1. The summed E-state index contributed by atoms with van der Waals surface area (Å²) < 4.78 is 6.99. The number of aryl methyl sites for hydroxylation is 1. The first-order valence-corrected chi connectivity index (χ1v) is 9.45. The number of methoxy groups -OCH3 is 1. The van der Waals surface area contributed by atoms with Crippen molar-refractivity contribution in [3.05, 3.63) is 42.9 Å². The number of aromatic nitrogens is 4. The molecular formula is C20H25N7O. The third-order valence-electron chi connectivity index (χ3n) is 4.83. The van der Waals surface area contributed by atoms with E-state index in [1.807, 2.05) is 49.9 Å². The summed E-state index contributed by atoms with van der Waals surface area (Å²) in [6.07, 6.45) is 7.79. The minimum absolute atomic E-state index is 0.389. The number of hydrogen-bond donors (Lipinski definition) is 3. The molecule has 8 heteroatoms. The normalized spacial score (nSPS) is 14.6. The van der Waals surface area contributed by atoms with Crippen LogP contribution in [0.15, 0.2) is 42.9 Å². The molecule has 8 nitrogen and oxygen atoms in total. The zero-order chi connectivity index (χ0) is 19.3. The summed E-state index contributed by atoms with van der Waals surface area (Å²) in [7, 11) is 3.56. The lowest BCUT2D eigenvalue weighted by Crippen LogP contribution is -2.35. The van der Waals surface area contributed by atoms with Crippen molar-refractivity contribution in [2.45, 2.75) is 18.9 Å². The highest BCUT2D eigenvalue weighted by Gasteiger charge is 2.17. The molecule has 0 saturated carbocycles. The van der Waals surface area contributed by atoms with E-state index in [9.17, 15) is 0 Å². The van der Waals surface area contributed by atoms with Crippen LogP contribution >= 0.6 is 0 Å². The Morgan fingerprint density at radius 1 is 1.14 bits per heavy atom. The van der Waals surface area contributed by atoms with Crippen LogP contribution in [0.3, 0.4) is 0 Å². The van der Waals surface area contributed by atoms with Crippen LogP contribution in [0.1, 0.15) is 12.8 Å². The predicted octanol–water partition coefficient (Wildman–Crippen LogP) is 2.79. The zero-order valence-corrected chi connectivity index (χ0v) is 16.1. The summed E-state index contributed by atoms with van der Waals surface area (Å²) in [6, 6.07) is 8.08. The van der Waals surface area contributed by atoms with E-state index in [4.69, 9.17) is 9.72 Å². The maximum atomic E-state index is 5.21. The van der Waals surface area contributed by atoms with E-state index >= 15 is 0 Å². The molecule has 3 N–H and O–H groups in total. The lowest BCUT2D eigenvalue weighted by molar-refractivity contribution is 0.415. The first kappa shape index (κ1) is 18.2. The molecule has 0 spiro atoms. The average Bonchev–Trinajstić information content (AvgIpc) is 3.16. The monoisotopic (exact) mass is 379 g/mol. The Balaban J connectivity index is 1.61. The van der Waals surface area contributed by atoms with E-state index in [0.717, 1.165) is 54.3 Å². The lowest BCUT2D eigenvalue weighted by Gasteiger charge is -2.25. The van der Waals surface area contributed by atoms with Gasteiger partial charge in [0.05, 0.1) is 13.3 Å². The van der Waals surface area contributed by atoms with Crippen molar-refractivity contribution in [3.63, 3.8) is 0 Å². The average molecular weight is 379 g/mol. The van der Waals surface area contributed by atoms with Gasteiger partial charge in [0.25, 0.3) is 0 Å². The molecule has 2 aromatic heterocycles. The molecule has 1 fully saturated rings. The molecule has 3 aromatic rings. The van der Waals surface area contributed by atoms with Crippen molar-refractivity contribution in [1.82, 2.24) is 25.1 Å². The van der Waals surface area contributed by atoms with E-state index in [0.29, 0.717) is 12.0 Å². The van der Waals surface area contributed by atoms with Gasteiger partial charge >= 0.3 is 0 Å². The fourth-order valence-electron chi connectivity index (χ4n) is 3.29. The highest BCUT2D eigenvalue weighted by Crippen LogP contribution is 2.28. The Bertz CT molecular complexity index is 917. The second-order valence-electron chi connectivity index (χ2n) is 6.88. The topological polar surface area (TPSA) is 88.9 Å². The highest BCUT2D eigenvalue weighted by atomic mass is 16.5. The summed E-state index contributed by atoms with van der Waals surface area (Å²) in [6.45, 7) is 2.03. The van der Waals surface area contributed by atoms with Gasteiger partial charge in [0.15, 0.2) is 0 Å². The predicted molar refractivity (Wildman–Crippen MR) is 110 cm³/mol. The summed E-state index contributed by atoms with van der Waals surface area (Å²) in [5, 5.41) is 14.6. The van der Waals surface area contributed by atoms with Gasteiger partial charge in [-0.3, -0.25) is 4.68 Å². The van der Waals surface area contributed by atoms with E-state index < -0.39 is 0 Å². The van der Waals surface area contributed by atoms with Crippen LogP contribution in [0.4, 0.5) is 17.5 Å². The van der Waals surface area contributed by atoms with Crippen LogP contribution in [-0.4, -0.2) is 46.0 Å². The fraction of sp³-hybridized carbons (Fsp3) is 0.350. The quantitative estimate of drug-likeness (QED) is 0.607. The van der Waals surface area contributed by atoms with Crippen LogP contribution in [0.2, 0.25) is 0 Å². The smallest absolute Gasteiger partial charge is 0.229 e. The van der Waals surface area contributed by atoms with Crippen molar-refractivity contribution >= 4 is 17.5 Å². The molecule has 0 unspecified atom stereocenters. The number of benzene rings is 1. The molecule has 0 bridgehead atoms. The molecule has 0 radical (unpaired) electrons. The molecule has 0 amide bonds. The van der Waals surface area contributed by atoms with Crippen molar-refractivity contribution in [1.29, 1.82) is 0 Å². The minimum Gasteiger partial charge on any atom is -0.497 e. The Kier molecular flexibility index (Phi) is 5.38. The number of nitrogens with zero attached hydrogens (tertiary/aromatic N) is 4. The maximum Gasteiger partial charge on any atom is 0.229 e. The van der Waals surface area contributed by atoms with Gasteiger partial charge < -0.3 is 20.7 Å². The van der Waals surface area contributed by atoms with E-state index in [2.05, 4.69) is 26.0 Å². The highest BCUT2D eigenvalue weighted by molar-refractivity contribution is 5.75. The lowest BCUT2D eigenvalue weighted by atomic mass is 10.1. The molecule has 28 heavy (non-hydrogen) atoms. The molecule has 3 heterocycles.